The van der Waals surface area contributed by atoms with Crippen LogP contribution in [-0.2, 0) is 4.74 Å². The van der Waals surface area contributed by atoms with E-state index in [2.05, 4.69) is 15.6 Å². The van der Waals surface area contributed by atoms with Crippen molar-refractivity contribution in [2.45, 2.75) is 26.4 Å². The third kappa shape index (κ3) is 5.74. The SMILES string of the molecule is CC(C)(C)OC(=O)NCCNC(=O)c1c(-c2ccccc2)ccnc1Cl. The first-order chi connectivity index (χ1) is 12.3. The maximum atomic E-state index is 12.6. The Morgan fingerprint density at radius 2 is 1.73 bits per heavy atom. The zero-order chi connectivity index (χ0) is 19.2. The van der Waals surface area contributed by atoms with Crippen LogP contribution in [0.25, 0.3) is 11.1 Å². The number of hydrogen-bond acceptors (Lipinski definition) is 4. The van der Waals surface area contributed by atoms with Gasteiger partial charge in [0.25, 0.3) is 5.91 Å². The van der Waals surface area contributed by atoms with Crippen LogP contribution in [0.15, 0.2) is 42.6 Å². The number of halogens is 1. The molecule has 138 valence electrons. The highest BCUT2D eigenvalue weighted by Crippen LogP contribution is 2.27. The first-order valence-electron chi connectivity index (χ1n) is 8.23. The minimum absolute atomic E-state index is 0.129. The van der Waals surface area contributed by atoms with E-state index >= 15 is 0 Å². The van der Waals surface area contributed by atoms with Crippen LogP contribution >= 0.6 is 11.6 Å². The van der Waals surface area contributed by atoms with Crippen LogP contribution in [0.1, 0.15) is 31.1 Å². The molecule has 0 aliphatic rings. The van der Waals surface area contributed by atoms with Crippen molar-refractivity contribution in [3.63, 3.8) is 0 Å². The van der Waals surface area contributed by atoms with E-state index in [1.54, 1.807) is 33.0 Å². The molecule has 1 aromatic heterocycles. The summed E-state index contributed by atoms with van der Waals surface area (Å²) in [7, 11) is 0. The fraction of sp³-hybridized carbons (Fsp3) is 0.316. The number of carbonyl (C=O) groups is 2. The molecule has 2 amide bonds. The number of benzene rings is 1. The molecule has 1 aromatic carbocycles. The zero-order valence-corrected chi connectivity index (χ0v) is 15.8. The van der Waals surface area contributed by atoms with E-state index in [9.17, 15) is 9.59 Å². The molecule has 0 saturated carbocycles. The topological polar surface area (TPSA) is 80.3 Å². The average molecular weight is 376 g/mol. The largest absolute Gasteiger partial charge is 0.444 e. The second-order valence-corrected chi connectivity index (χ2v) is 6.93. The van der Waals surface area contributed by atoms with Crippen molar-refractivity contribution in [3.05, 3.63) is 53.3 Å². The van der Waals surface area contributed by atoms with Gasteiger partial charge in [0.05, 0.1) is 5.56 Å². The van der Waals surface area contributed by atoms with E-state index in [1.807, 2.05) is 30.3 Å². The van der Waals surface area contributed by atoms with Crippen molar-refractivity contribution >= 4 is 23.6 Å². The van der Waals surface area contributed by atoms with Crippen molar-refractivity contribution in [1.29, 1.82) is 0 Å². The molecule has 0 spiro atoms. The molecule has 26 heavy (non-hydrogen) atoms. The lowest BCUT2D eigenvalue weighted by molar-refractivity contribution is 0.0526. The van der Waals surface area contributed by atoms with Gasteiger partial charge in [-0.2, -0.15) is 0 Å². The Morgan fingerprint density at radius 3 is 2.38 bits per heavy atom. The van der Waals surface area contributed by atoms with E-state index in [0.717, 1.165) is 5.56 Å². The van der Waals surface area contributed by atoms with Crippen molar-refractivity contribution in [2.75, 3.05) is 13.1 Å². The maximum Gasteiger partial charge on any atom is 0.407 e. The second-order valence-electron chi connectivity index (χ2n) is 6.57. The number of amides is 2. The zero-order valence-electron chi connectivity index (χ0n) is 15.0. The number of hydrogen-bond donors (Lipinski definition) is 2. The second kappa shape index (κ2) is 8.67. The molecule has 2 rings (SSSR count). The van der Waals surface area contributed by atoms with E-state index in [0.29, 0.717) is 11.1 Å². The van der Waals surface area contributed by atoms with Crippen LogP contribution in [-0.4, -0.2) is 35.7 Å². The van der Waals surface area contributed by atoms with Gasteiger partial charge in [-0.1, -0.05) is 41.9 Å². The summed E-state index contributed by atoms with van der Waals surface area (Å²) in [5.74, 6) is -0.354. The number of nitrogens with zero attached hydrogens (tertiary/aromatic N) is 1. The van der Waals surface area contributed by atoms with Gasteiger partial charge in [0.2, 0.25) is 0 Å². The van der Waals surface area contributed by atoms with Crippen molar-refractivity contribution < 1.29 is 14.3 Å². The standard InChI is InChI=1S/C19H22ClN3O3/c1-19(2,3)26-18(25)23-12-11-22-17(24)15-14(9-10-21-16(15)20)13-7-5-4-6-8-13/h4-10H,11-12H2,1-3H3,(H,22,24)(H,23,25). The van der Waals surface area contributed by atoms with Gasteiger partial charge in [-0.3, -0.25) is 4.79 Å². The summed E-state index contributed by atoms with van der Waals surface area (Å²) in [6, 6.07) is 11.2. The highest BCUT2D eigenvalue weighted by atomic mass is 35.5. The first-order valence-corrected chi connectivity index (χ1v) is 8.61. The quantitative estimate of drug-likeness (QED) is 0.617. The molecule has 0 fully saturated rings. The lowest BCUT2D eigenvalue weighted by Gasteiger charge is -2.19. The molecule has 0 atom stereocenters. The third-order valence-corrected chi connectivity index (χ3v) is 3.58. The van der Waals surface area contributed by atoms with E-state index in [-0.39, 0.29) is 24.1 Å². The highest BCUT2D eigenvalue weighted by molar-refractivity contribution is 6.33. The molecule has 6 nitrogen and oxygen atoms in total. The summed E-state index contributed by atoms with van der Waals surface area (Å²) >= 11 is 6.15. The first kappa shape index (κ1) is 19.7. The van der Waals surface area contributed by atoms with Crippen LogP contribution in [0.5, 0.6) is 0 Å². The monoisotopic (exact) mass is 375 g/mol. The molecule has 0 unspecified atom stereocenters. The summed E-state index contributed by atoms with van der Waals surface area (Å²) in [4.78, 5) is 28.1. The van der Waals surface area contributed by atoms with Crippen LogP contribution < -0.4 is 10.6 Å². The van der Waals surface area contributed by atoms with E-state index < -0.39 is 11.7 Å². The Morgan fingerprint density at radius 1 is 1.08 bits per heavy atom. The molecule has 0 bridgehead atoms. The fourth-order valence-electron chi connectivity index (χ4n) is 2.25. The molecule has 0 saturated heterocycles. The minimum Gasteiger partial charge on any atom is -0.444 e. The number of pyridine rings is 1. The summed E-state index contributed by atoms with van der Waals surface area (Å²) in [5.41, 5.74) is 1.30. The average Bonchev–Trinajstić information content (AvgIpc) is 2.57. The molecule has 7 heteroatoms. The molecule has 0 radical (unpaired) electrons. The van der Waals surface area contributed by atoms with E-state index in [4.69, 9.17) is 16.3 Å². The molecule has 2 aromatic rings. The molecule has 1 heterocycles. The van der Waals surface area contributed by atoms with Gasteiger partial charge in [-0.15, -0.1) is 0 Å². The Hall–Kier alpha value is -2.60. The Labute approximate surface area is 157 Å². The molecular weight excluding hydrogens is 354 g/mol. The molecule has 0 aliphatic carbocycles. The predicted octanol–water partition coefficient (Wildman–Crippen LogP) is 3.66. The van der Waals surface area contributed by atoms with Gasteiger partial charge >= 0.3 is 6.09 Å². The predicted molar refractivity (Wildman–Crippen MR) is 101 cm³/mol. The van der Waals surface area contributed by atoms with Gasteiger partial charge in [0, 0.05) is 19.3 Å². The van der Waals surface area contributed by atoms with Crippen LogP contribution in [0.2, 0.25) is 5.15 Å². The Kier molecular flexibility index (Phi) is 6.58. The number of alkyl carbamates (subject to hydrolysis) is 1. The highest BCUT2D eigenvalue weighted by Gasteiger charge is 2.18. The van der Waals surface area contributed by atoms with Crippen molar-refractivity contribution in [2.24, 2.45) is 0 Å². The number of carbonyl (C=O) groups excluding carboxylic acids is 2. The summed E-state index contributed by atoms with van der Waals surface area (Å²) in [6.07, 6.45) is 1.03. The van der Waals surface area contributed by atoms with Gasteiger partial charge in [-0.05, 0) is 38.0 Å². The molecule has 0 aliphatic heterocycles. The van der Waals surface area contributed by atoms with Gasteiger partial charge in [-0.25, -0.2) is 9.78 Å². The lowest BCUT2D eigenvalue weighted by Crippen LogP contribution is -2.38. The summed E-state index contributed by atoms with van der Waals surface area (Å²) < 4.78 is 5.13. The number of ether oxygens (including phenoxy) is 1. The van der Waals surface area contributed by atoms with Gasteiger partial charge < -0.3 is 15.4 Å². The smallest absolute Gasteiger partial charge is 0.407 e. The Balaban J connectivity index is 1.99. The maximum absolute atomic E-state index is 12.6. The number of aromatic nitrogens is 1. The fourth-order valence-corrected chi connectivity index (χ4v) is 2.50. The van der Waals surface area contributed by atoms with Crippen LogP contribution in [0.3, 0.4) is 0 Å². The minimum atomic E-state index is -0.568. The number of nitrogens with one attached hydrogen (secondary N) is 2. The normalized spacial score (nSPS) is 10.9. The molecule has 2 N–H and O–H groups in total. The van der Waals surface area contributed by atoms with Crippen LogP contribution in [0.4, 0.5) is 4.79 Å². The van der Waals surface area contributed by atoms with E-state index in [1.165, 1.54) is 0 Å². The number of rotatable bonds is 5. The third-order valence-electron chi connectivity index (χ3n) is 3.30. The van der Waals surface area contributed by atoms with Crippen molar-refractivity contribution in [1.82, 2.24) is 15.6 Å². The van der Waals surface area contributed by atoms with Gasteiger partial charge in [0.15, 0.2) is 0 Å². The Bertz CT molecular complexity index is 773. The lowest BCUT2D eigenvalue weighted by atomic mass is 10.0. The summed E-state index contributed by atoms with van der Waals surface area (Å²) in [5, 5.41) is 5.45. The van der Waals surface area contributed by atoms with Crippen molar-refractivity contribution in [3.8, 4) is 11.1 Å². The molecular formula is C19H22ClN3O3. The van der Waals surface area contributed by atoms with Gasteiger partial charge in [0.1, 0.15) is 10.8 Å². The summed E-state index contributed by atoms with van der Waals surface area (Å²) in [6.45, 7) is 5.81. The van der Waals surface area contributed by atoms with Crippen LogP contribution in [0, 0.1) is 0 Å².